The Morgan fingerprint density at radius 3 is 3.15 bits per heavy atom. The van der Waals surface area contributed by atoms with Crippen LogP contribution in [-0.4, -0.2) is 55.7 Å². The molecular formula is C14H17N4OTl. The molecule has 1 aromatic carbocycles. The Labute approximate surface area is 130 Å². The zero-order chi connectivity index (χ0) is 13.9. The molecule has 5 nitrogen and oxygen atoms in total. The maximum absolute atomic E-state index is 5.72. The third kappa shape index (κ3) is 2.72. The summed E-state index contributed by atoms with van der Waals surface area (Å²) in [6.45, 7) is 2.43. The van der Waals surface area contributed by atoms with Gasteiger partial charge in [-0.05, 0) is 0 Å². The van der Waals surface area contributed by atoms with Crippen molar-refractivity contribution in [2.24, 2.45) is 0 Å². The summed E-state index contributed by atoms with van der Waals surface area (Å²) < 4.78 is 12.0. The monoisotopic (exact) mass is 462 g/mol. The molecule has 6 heteroatoms. The van der Waals surface area contributed by atoms with Gasteiger partial charge in [-0.3, -0.25) is 0 Å². The summed E-state index contributed by atoms with van der Waals surface area (Å²) in [6.07, 6.45) is 4.06. The fourth-order valence-electron chi connectivity index (χ4n) is 2.35. The molecule has 0 spiro atoms. The minimum absolute atomic E-state index is 0.723. The molecule has 0 atom stereocenters. The van der Waals surface area contributed by atoms with E-state index in [1.54, 1.807) is 0 Å². The van der Waals surface area contributed by atoms with Crippen molar-refractivity contribution in [1.29, 1.82) is 0 Å². The number of aromatic nitrogens is 2. The van der Waals surface area contributed by atoms with Gasteiger partial charge in [-0.15, -0.1) is 0 Å². The Hall–Kier alpha value is -1.38. The van der Waals surface area contributed by atoms with Gasteiger partial charge in [0.15, 0.2) is 0 Å². The van der Waals surface area contributed by atoms with E-state index in [2.05, 4.69) is 33.9 Å². The number of imidazole rings is 1. The zero-order valence-corrected chi connectivity index (χ0v) is 16.0. The number of nitrogens with zero attached hydrogens (tertiary/aromatic N) is 3. The van der Waals surface area contributed by atoms with Gasteiger partial charge in [0.25, 0.3) is 0 Å². The van der Waals surface area contributed by atoms with Crippen LogP contribution in [0, 0.1) is 0 Å². The second-order valence-corrected chi connectivity index (χ2v) is 8.43. The first-order valence-electron chi connectivity index (χ1n) is 6.64. The number of benzene rings is 1. The molecule has 1 aromatic heterocycles. The van der Waals surface area contributed by atoms with E-state index in [0.29, 0.717) is 0 Å². The van der Waals surface area contributed by atoms with Gasteiger partial charge in [0.05, 0.1) is 0 Å². The summed E-state index contributed by atoms with van der Waals surface area (Å²) in [6, 6.07) is 6.19. The first-order chi connectivity index (χ1) is 9.80. The molecule has 0 radical (unpaired) electrons. The van der Waals surface area contributed by atoms with Crippen LogP contribution in [0.1, 0.15) is 5.69 Å². The SMILES string of the molecule is [CH2]=[Tl][n]1cnc(CN2CCOc3ccc(NC)cc32)c1. The van der Waals surface area contributed by atoms with Crippen molar-refractivity contribution in [3.05, 3.63) is 36.4 Å². The summed E-state index contributed by atoms with van der Waals surface area (Å²) in [7, 11) is 1.93. The maximum atomic E-state index is 5.72. The standard InChI is InChI=1S/C13H15N4O.CH2.Tl/c1-14-10-2-3-13-12(6-10)17(4-5-18-13)8-11-7-15-9-16-11;;/h2-3,6-7,9,14H,4-5,8H2,1H3;1H2;/q-1;;+1. The van der Waals surface area contributed by atoms with E-state index >= 15 is 0 Å². The molecule has 0 amide bonds. The van der Waals surface area contributed by atoms with E-state index in [1.807, 2.05) is 25.5 Å². The fraction of sp³-hybridized carbons (Fsp3) is 0.286. The minimum atomic E-state index is -1.02. The Morgan fingerprint density at radius 1 is 1.50 bits per heavy atom. The van der Waals surface area contributed by atoms with Gasteiger partial charge in [0.2, 0.25) is 0 Å². The van der Waals surface area contributed by atoms with Crippen molar-refractivity contribution < 1.29 is 4.74 Å². The number of rotatable bonds is 4. The number of anilines is 2. The Balaban J connectivity index is 1.86. The van der Waals surface area contributed by atoms with Crippen molar-refractivity contribution in [3.8, 4) is 5.75 Å². The molecule has 0 bridgehead atoms. The van der Waals surface area contributed by atoms with Crippen molar-refractivity contribution in [2.75, 3.05) is 30.4 Å². The van der Waals surface area contributed by atoms with Gasteiger partial charge < -0.3 is 0 Å². The van der Waals surface area contributed by atoms with Gasteiger partial charge in [0, 0.05) is 0 Å². The molecule has 20 heavy (non-hydrogen) atoms. The Morgan fingerprint density at radius 2 is 2.40 bits per heavy atom. The number of ether oxygens (including phenoxy) is 1. The van der Waals surface area contributed by atoms with E-state index in [0.717, 1.165) is 42.5 Å². The second kappa shape index (κ2) is 5.94. The summed E-state index contributed by atoms with van der Waals surface area (Å²) in [5.74, 6) is 0.950. The topological polar surface area (TPSA) is 42.3 Å². The summed E-state index contributed by atoms with van der Waals surface area (Å²) >= 11 is -1.02. The summed E-state index contributed by atoms with van der Waals surface area (Å²) in [5.41, 5.74) is 3.34. The van der Waals surface area contributed by atoms with E-state index in [4.69, 9.17) is 4.74 Å². The first kappa shape index (κ1) is 13.6. The van der Waals surface area contributed by atoms with Crippen LogP contribution in [0.3, 0.4) is 0 Å². The number of hydrogen-bond acceptors (Lipinski definition) is 4. The van der Waals surface area contributed by atoms with Crippen molar-refractivity contribution >= 4 is 39.5 Å². The summed E-state index contributed by atoms with van der Waals surface area (Å²) in [4.78, 5) is 6.80. The average molecular weight is 462 g/mol. The molecule has 3 rings (SSSR count). The molecular weight excluding hydrogens is 445 g/mol. The molecule has 0 saturated heterocycles. The molecule has 0 saturated carbocycles. The number of fused-ring (bicyclic) bond motifs is 1. The van der Waals surface area contributed by atoms with Crippen molar-refractivity contribution in [2.45, 2.75) is 6.54 Å². The van der Waals surface area contributed by atoms with E-state index < -0.39 is 24.0 Å². The molecule has 0 fully saturated rings. The molecule has 0 unspecified atom stereocenters. The molecule has 2 heterocycles. The van der Waals surface area contributed by atoms with E-state index in [1.165, 1.54) is 0 Å². The van der Waals surface area contributed by atoms with Gasteiger partial charge >= 0.3 is 131 Å². The van der Waals surface area contributed by atoms with Crippen LogP contribution in [0.25, 0.3) is 0 Å². The Kier molecular flexibility index (Phi) is 4.04. The third-order valence-corrected chi connectivity index (χ3v) is 6.16. The molecule has 1 aliphatic rings. The normalized spacial score (nSPS) is 13.3. The summed E-state index contributed by atoms with van der Waals surface area (Å²) in [5, 5.41) is 3.17. The van der Waals surface area contributed by atoms with Crippen LogP contribution >= 0.6 is 0 Å². The molecule has 0 aliphatic carbocycles. The first-order valence-corrected chi connectivity index (χ1v) is 11.8. The molecule has 2 aromatic rings. The number of nitrogens with one attached hydrogen (secondary N) is 1. The van der Waals surface area contributed by atoms with Crippen LogP contribution in [0.5, 0.6) is 5.75 Å². The van der Waals surface area contributed by atoms with Crippen LogP contribution < -0.4 is 15.0 Å². The van der Waals surface area contributed by atoms with Crippen LogP contribution in [-0.2, 0) is 6.54 Å². The van der Waals surface area contributed by atoms with Gasteiger partial charge in [0.1, 0.15) is 0 Å². The van der Waals surface area contributed by atoms with E-state index in [-0.39, 0.29) is 0 Å². The zero-order valence-electron chi connectivity index (χ0n) is 11.5. The predicted molar refractivity (Wildman–Crippen MR) is 83.0 cm³/mol. The van der Waals surface area contributed by atoms with Crippen molar-refractivity contribution in [3.63, 3.8) is 0 Å². The molecule has 1 N–H and O–H groups in total. The van der Waals surface area contributed by atoms with Crippen LogP contribution in [0.2, 0.25) is 0 Å². The number of hydrogen-bond donors (Lipinski definition) is 1. The van der Waals surface area contributed by atoms with Crippen LogP contribution in [0.15, 0.2) is 30.7 Å². The van der Waals surface area contributed by atoms with Crippen molar-refractivity contribution in [1.82, 2.24) is 7.36 Å². The van der Waals surface area contributed by atoms with Crippen LogP contribution in [0.4, 0.5) is 11.4 Å². The van der Waals surface area contributed by atoms with E-state index in [9.17, 15) is 0 Å². The Bertz CT molecular complexity index is 625. The molecule has 102 valence electrons. The van der Waals surface area contributed by atoms with Gasteiger partial charge in [-0.25, -0.2) is 0 Å². The van der Waals surface area contributed by atoms with Gasteiger partial charge in [-0.1, -0.05) is 0 Å². The average Bonchev–Trinajstić information content (AvgIpc) is 2.95. The van der Waals surface area contributed by atoms with Gasteiger partial charge in [-0.2, -0.15) is 0 Å². The predicted octanol–water partition coefficient (Wildman–Crippen LogP) is 1.22. The third-order valence-electron chi connectivity index (χ3n) is 3.43. The fourth-order valence-corrected chi connectivity index (χ4v) is 4.05. The molecule has 1 aliphatic heterocycles. The quantitative estimate of drug-likeness (QED) is 0.696. The second-order valence-electron chi connectivity index (χ2n) is 4.70.